The zero-order valence-electron chi connectivity index (χ0n) is 11.9. The minimum atomic E-state index is -0.224. The normalized spacial score (nSPS) is 15.0. The second-order valence-corrected chi connectivity index (χ2v) is 4.74. The molecule has 1 aromatic rings. The van der Waals surface area contributed by atoms with Crippen LogP contribution in [0.5, 0.6) is 11.5 Å². The fourth-order valence-corrected chi connectivity index (χ4v) is 2.20. The molecule has 6 nitrogen and oxygen atoms in total. The molecule has 1 saturated heterocycles. The predicted molar refractivity (Wildman–Crippen MR) is 82.1 cm³/mol. The summed E-state index contributed by atoms with van der Waals surface area (Å²) in [5.74, 6) is 0.947. The fraction of sp³-hybridized carbons (Fsp3) is 0.429. The Balaban J connectivity index is 0.00000220. The second-order valence-electron chi connectivity index (χ2n) is 4.74. The Morgan fingerprint density at radius 3 is 2.24 bits per heavy atom. The quantitative estimate of drug-likeness (QED) is 0.383. The third-order valence-corrected chi connectivity index (χ3v) is 3.45. The van der Waals surface area contributed by atoms with Gasteiger partial charge in [0, 0.05) is 13.1 Å². The van der Waals surface area contributed by atoms with Crippen LogP contribution in [0, 0.1) is 11.3 Å². The summed E-state index contributed by atoms with van der Waals surface area (Å²) in [5.41, 5.74) is 5.42. The van der Waals surface area contributed by atoms with Crippen molar-refractivity contribution in [1.29, 1.82) is 5.41 Å². The van der Waals surface area contributed by atoms with Gasteiger partial charge in [-0.05, 0) is 37.1 Å². The zero-order valence-corrected chi connectivity index (χ0v) is 12.7. The molecule has 0 radical (unpaired) electrons. The van der Waals surface area contributed by atoms with Crippen molar-refractivity contribution in [2.75, 3.05) is 20.2 Å². The molecule has 1 aliphatic heterocycles. The van der Waals surface area contributed by atoms with Gasteiger partial charge in [-0.1, -0.05) is 0 Å². The van der Waals surface area contributed by atoms with Crippen molar-refractivity contribution in [2.24, 2.45) is 11.7 Å². The fourth-order valence-electron chi connectivity index (χ4n) is 2.20. The van der Waals surface area contributed by atoms with Gasteiger partial charge in [-0.2, -0.15) is 0 Å². The number of ether oxygens (including phenoxy) is 2. The third kappa shape index (κ3) is 4.53. The van der Waals surface area contributed by atoms with Crippen LogP contribution in [0.3, 0.4) is 0 Å². The Morgan fingerprint density at radius 1 is 1.24 bits per heavy atom. The van der Waals surface area contributed by atoms with E-state index >= 15 is 0 Å². The van der Waals surface area contributed by atoms with Crippen LogP contribution < -0.4 is 15.2 Å². The number of guanidine groups is 1. The second kappa shape index (κ2) is 7.73. The van der Waals surface area contributed by atoms with E-state index in [1.807, 2.05) is 0 Å². The van der Waals surface area contributed by atoms with Crippen LogP contribution in [0.25, 0.3) is 0 Å². The Morgan fingerprint density at radius 2 is 1.76 bits per heavy atom. The van der Waals surface area contributed by atoms with E-state index in [1.54, 1.807) is 36.3 Å². The molecule has 1 fully saturated rings. The van der Waals surface area contributed by atoms with Gasteiger partial charge >= 0.3 is 5.97 Å². The summed E-state index contributed by atoms with van der Waals surface area (Å²) in [7, 11) is 1.59. The van der Waals surface area contributed by atoms with Crippen molar-refractivity contribution in [3.8, 4) is 11.5 Å². The summed E-state index contributed by atoms with van der Waals surface area (Å²) in [4.78, 5) is 13.8. The number of esters is 1. The van der Waals surface area contributed by atoms with E-state index in [4.69, 9.17) is 20.6 Å². The number of rotatable bonds is 3. The molecule has 0 unspecified atom stereocenters. The molecule has 0 aromatic heterocycles. The SMILES string of the molecule is COc1ccc(OC(=O)C2CCN(C(=N)N)CC2)cc1.Cl. The maximum atomic E-state index is 12.0. The van der Waals surface area contributed by atoms with Gasteiger partial charge in [0.05, 0.1) is 13.0 Å². The van der Waals surface area contributed by atoms with Crippen LogP contribution in [-0.2, 0) is 4.79 Å². The molecule has 7 heteroatoms. The first-order valence-corrected chi connectivity index (χ1v) is 6.55. The average molecular weight is 314 g/mol. The van der Waals surface area contributed by atoms with Crippen LogP contribution in [0.2, 0.25) is 0 Å². The summed E-state index contributed by atoms with van der Waals surface area (Å²) in [6, 6.07) is 6.92. The maximum Gasteiger partial charge on any atom is 0.314 e. The number of benzene rings is 1. The molecule has 0 spiro atoms. The lowest BCUT2D eigenvalue weighted by Crippen LogP contribution is -2.44. The van der Waals surface area contributed by atoms with Crippen LogP contribution in [0.4, 0.5) is 0 Å². The topological polar surface area (TPSA) is 88.6 Å². The van der Waals surface area contributed by atoms with E-state index in [1.165, 1.54) is 0 Å². The third-order valence-electron chi connectivity index (χ3n) is 3.45. The monoisotopic (exact) mass is 313 g/mol. The molecule has 116 valence electrons. The molecule has 0 bridgehead atoms. The van der Waals surface area contributed by atoms with Crippen molar-refractivity contribution in [2.45, 2.75) is 12.8 Å². The largest absolute Gasteiger partial charge is 0.497 e. The van der Waals surface area contributed by atoms with Crippen molar-refractivity contribution in [3.63, 3.8) is 0 Å². The number of piperidine rings is 1. The van der Waals surface area contributed by atoms with Gasteiger partial charge < -0.3 is 20.1 Å². The number of nitrogens with one attached hydrogen (secondary N) is 1. The van der Waals surface area contributed by atoms with Gasteiger partial charge in [-0.3, -0.25) is 10.2 Å². The molecular formula is C14H20ClN3O3. The Bertz CT molecular complexity index is 485. The van der Waals surface area contributed by atoms with Gasteiger partial charge in [0.2, 0.25) is 0 Å². The van der Waals surface area contributed by atoms with E-state index < -0.39 is 0 Å². The molecule has 3 N–H and O–H groups in total. The Hall–Kier alpha value is -1.95. The van der Waals surface area contributed by atoms with E-state index in [-0.39, 0.29) is 30.3 Å². The number of hydrogen-bond donors (Lipinski definition) is 2. The molecule has 0 amide bonds. The molecule has 1 aliphatic rings. The molecule has 0 saturated carbocycles. The maximum absolute atomic E-state index is 12.0. The number of likely N-dealkylation sites (tertiary alicyclic amines) is 1. The number of nitrogens with two attached hydrogens (primary N) is 1. The van der Waals surface area contributed by atoms with Crippen molar-refractivity contribution >= 4 is 24.3 Å². The highest BCUT2D eigenvalue weighted by molar-refractivity contribution is 5.85. The zero-order chi connectivity index (χ0) is 14.5. The number of carbonyl (C=O) groups excluding carboxylic acids is 1. The standard InChI is InChI=1S/C14H19N3O3.ClH/c1-19-11-2-4-12(5-3-11)20-13(18)10-6-8-17(9-7-10)14(15)16;/h2-5,10H,6-9H2,1H3,(H3,15,16);1H. The van der Waals surface area contributed by atoms with Gasteiger partial charge in [0.1, 0.15) is 11.5 Å². The van der Waals surface area contributed by atoms with Crippen molar-refractivity contribution < 1.29 is 14.3 Å². The molecule has 1 aromatic carbocycles. The molecule has 0 aliphatic carbocycles. The first-order valence-electron chi connectivity index (χ1n) is 6.55. The highest BCUT2D eigenvalue weighted by Gasteiger charge is 2.27. The van der Waals surface area contributed by atoms with Crippen LogP contribution in [0.15, 0.2) is 24.3 Å². The van der Waals surface area contributed by atoms with Crippen LogP contribution in [-0.4, -0.2) is 37.0 Å². The molecule has 2 rings (SSSR count). The lowest BCUT2D eigenvalue weighted by Gasteiger charge is -2.30. The van der Waals surface area contributed by atoms with Crippen molar-refractivity contribution in [1.82, 2.24) is 4.90 Å². The number of carbonyl (C=O) groups is 1. The van der Waals surface area contributed by atoms with Crippen molar-refractivity contribution in [3.05, 3.63) is 24.3 Å². The molecule has 0 atom stereocenters. The summed E-state index contributed by atoms with van der Waals surface area (Å²) in [5, 5.41) is 7.36. The number of hydrogen-bond acceptors (Lipinski definition) is 4. The highest BCUT2D eigenvalue weighted by Crippen LogP contribution is 2.22. The number of methoxy groups -OCH3 is 1. The first-order chi connectivity index (χ1) is 9.60. The van der Waals surface area contributed by atoms with Gasteiger partial charge in [-0.25, -0.2) is 0 Å². The van der Waals surface area contributed by atoms with E-state index in [2.05, 4.69) is 0 Å². The first kappa shape index (κ1) is 17.1. The van der Waals surface area contributed by atoms with E-state index in [0.717, 1.165) is 5.75 Å². The van der Waals surface area contributed by atoms with E-state index in [9.17, 15) is 4.79 Å². The van der Waals surface area contributed by atoms with Gasteiger partial charge in [0.15, 0.2) is 5.96 Å². The molecule has 1 heterocycles. The number of halogens is 1. The highest BCUT2D eigenvalue weighted by atomic mass is 35.5. The summed E-state index contributed by atoms with van der Waals surface area (Å²) < 4.78 is 10.4. The Labute approximate surface area is 130 Å². The number of nitrogens with zero attached hydrogens (tertiary/aromatic N) is 1. The minimum Gasteiger partial charge on any atom is -0.497 e. The Kier molecular flexibility index (Phi) is 6.30. The van der Waals surface area contributed by atoms with Crippen LogP contribution >= 0.6 is 12.4 Å². The predicted octanol–water partition coefficient (Wildman–Crippen LogP) is 1.63. The van der Waals surface area contributed by atoms with Gasteiger partial charge in [0.25, 0.3) is 0 Å². The molecular weight excluding hydrogens is 294 g/mol. The smallest absolute Gasteiger partial charge is 0.314 e. The lowest BCUT2D eigenvalue weighted by atomic mass is 9.97. The minimum absolute atomic E-state index is 0. The van der Waals surface area contributed by atoms with Gasteiger partial charge in [-0.15, -0.1) is 12.4 Å². The lowest BCUT2D eigenvalue weighted by molar-refractivity contribution is -0.140. The van der Waals surface area contributed by atoms with E-state index in [0.29, 0.717) is 31.7 Å². The summed E-state index contributed by atoms with van der Waals surface area (Å²) in [6.45, 7) is 1.25. The molecule has 21 heavy (non-hydrogen) atoms. The summed E-state index contributed by atoms with van der Waals surface area (Å²) >= 11 is 0. The average Bonchev–Trinajstić information content (AvgIpc) is 2.48. The summed E-state index contributed by atoms with van der Waals surface area (Å²) in [6.07, 6.45) is 1.32. The van der Waals surface area contributed by atoms with Crippen LogP contribution in [0.1, 0.15) is 12.8 Å².